The average Bonchev–Trinajstić information content (AvgIpc) is 3.25. The molecule has 0 unspecified atom stereocenters. The van der Waals surface area contributed by atoms with Crippen LogP contribution in [-0.2, 0) is 16.4 Å². The Morgan fingerprint density at radius 1 is 1.16 bits per heavy atom. The number of rotatable bonds is 9. The molecule has 0 radical (unpaired) electrons. The van der Waals surface area contributed by atoms with E-state index in [0.717, 1.165) is 19.3 Å². The predicted molar refractivity (Wildman–Crippen MR) is 107 cm³/mol. The average molecular weight is 458 g/mol. The number of ether oxygens (including phenoxy) is 2. The van der Waals surface area contributed by atoms with Crippen LogP contribution in [0.5, 0.6) is 11.5 Å². The summed E-state index contributed by atoms with van der Waals surface area (Å²) in [6.07, 6.45) is 2.90. The molecule has 0 bridgehead atoms. The zero-order valence-corrected chi connectivity index (χ0v) is 17.8. The van der Waals surface area contributed by atoms with Gasteiger partial charge < -0.3 is 19.2 Å². The van der Waals surface area contributed by atoms with Crippen molar-refractivity contribution < 1.29 is 35.9 Å². The number of alkyl halides is 2. The molecule has 3 rings (SSSR count). The number of furan rings is 1. The monoisotopic (exact) mass is 458 g/mol. The van der Waals surface area contributed by atoms with Gasteiger partial charge in [-0.15, -0.1) is 0 Å². The first-order valence-electron chi connectivity index (χ1n) is 9.81. The Morgan fingerprint density at radius 2 is 1.90 bits per heavy atom. The van der Waals surface area contributed by atoms with Crippen LogP contribution in [0.25, 0.3) is 0 Å². The molecule has 0 saturated carbocycles. The van der Waals surface area contributed by atoms with Crippen LogP contribution < -0.4 is 14.8 Å². The third-order valence-electron chi connectivity index (χ3n) is 4.86. The highest BCUT2D eigenvalue weighted by molar-refractivity contribution is 7.89. The zero-order valence-electron chi connectivity index (χ0n) is 17.0. The van der Waals surface area contributed by atoms with Crippen molar-refractivity contribution in [3.8, 4) is 11.5 Å². The Balaban J connectivity index is 1.58. The smallest absolute Gasteiger partial charge is 0.387 e. The van der Waals surface area contributed by atoms with E-state index in [2.05, 4.69) is 10.1 Å². The van der Waals surface area contributed by atoms with E-state index < -0.39 is 22.5 Å². The second-order valence-electron chi connectivity index (χ2n) is 6.95. The third kappa shape index (κ3) is 5.73. The van der Waals surface area contributed by atoms with E-state index in [1.54, 1.807) is 6.07 Å². The van der Waals surface area contributed by atoms with Crippen molar-refractivity contribution in [3.05, 3.63) is 41.7 Å². The third-order valence-corrected chi connectivity index (χ3v) is 6.63. The maximum atomic E-state index is 12.6. The second-order valence-corrected chi connectivity index (χ2v) is 8.82. The van der Waals surface area contributed by atoms with Crippen LogP contribution in [0.15, 0.2) is 39.8 Å². The van der Waals surface area contributed by atoms with Gasteiger partial charge in [0.1, 0.15) is 0 Å². The number of piperidine rings is 1. The zero-order chi connectivity index (χ0) is 22.4. The topological polar surface area (TPSA) is 98.1 Å². The van der Waals surface area contributed by atoms with Gasteiger partial charge >= 0.3 is 6.61 Å². The van der Waals surface area contributed by atoms with Gasteiger partial charge in [-0.3, -0.25) is 4.79 Å². The van der Waals surface area contributed by atoms with Gasteiger partial charge in [-0.2, -0.15) is 13.1 Å². The molecule has 1 aromatic carbocycles. The quantitative estimate of drug-likeness (QED) is 0.620. The first-order chi connectivity index (χ1) is 14.8. The minimum atomic E-state index is -3.76. The van der Waals surface area contributed by atoms with Crippen LogP contribution >= 0.6 is 0 Å². The number of benzene rings is 1. The highest BCUT2D eigenvalue weighted by atomic mass is 32.2. The summed E-state index contributed by atoms with van der Waals surface area (Å²) in [5, 5.41) is 2.36. The van der Waals surface area contributed by atoms with Crippen molar-refractivity contribution in [2.75, 3.05) is 26.7 Å². The lowest BCUT2D eigenvalue weighted by Crippen LogP contribution is -2.35. The van der Waals surface area contributed by atoms with E-state index in [-0.39, 0.29) is 28.9 Å². The second kappa shape index (κ2) is 10.1. The Hall–Kier alpha value is -2.66. The normalized spacial score (nSPS) is 15.1. The van der Waals surface area contributed by atoms with Gasteiger partial charge in [0.15, 0.2) is 17.3 Å². The summed E-state index contributed by atoms with van der Waals surface area (Å²) in [6, 6.07) is 7.16. The Labute approximate surface area is 179 Å². The van der Waals surface area contributed by atoms with E-state index in [0.29, 0.717) is 25.1 Å². The molecule has 31 heavy (non-hydrogen) atoms. The van der Waals surface area contributed by atoms with Gasteiger partial charge in [0.05, 0.1) is 7.11 Å². The van der Waals surface area contributed by atoms with E-state index >= 15 is 0 Å². The van der Waals surface area contributed by atoms with Crippen molar-refractivity contribution in [1.82, 2.24) is 9.62 Å². The number of carbonyl (C=O) groups is 1. The molecule has 1 saturated heterocycles. The van der Waals surface area contributed by atoms with Gasteiger partial charge in [-0.25, -0.2) is 8.42 Å². The van der Waals surface area contributed by atoms with E-state index in [4.69, 9.17) is 9.15 Å². The molecule has 0 atom stereocenters. The number of methoxy groups -OCH3 is 1. The number of nitrogens with zero attached hydrogens (tertiary/aromatic N) is 1. The Bertz CT molecular complexity index is 1000. The van der Waals surface area contributed by atoms with Crippen molar-refractivity contribution in [2.45, 2.75) is 37.4 Å². The number of hydrogen-bond donors (Lipinski definition) is 1. The van der Waals surface area contributed by atoms with Crippen LogP contribution in [0, 0.1) is 0 Å². The number of nitrogens with one attached hydrogen (secondary N) is 1. The molecular weight excluding hydrogens is 434 g/mol. The number of sulfonamides is 1. The molecule has 1 amide bonds. The van der Waals surface area contributed by atoms with Crippen LogP contribution in [-0.4, -0.2) is 52.0 Å². The lowest BCUT2D eigenvalue weighted by atomic mass is 10.1. The largest absolute Gasteiger partial charge is 0.493 e. The van der Waals surface area contributed by atoms with Gasteiger partial charge in [-0.05, 0) is 49.1 Å². The first-order valence-corrected chi connectivity index (χ1v) is 11.2. The standard InChI is InChI=1S/C20H24F2N2O6S/c1-28-15-6-5-14(13-17(15)30-20(21)22)9-10-23-19(25)16-7-8-18(29-16)31(26,27)24-11-3-2-4-12-24/h5-8,13,20H,2-4,9-12H2,1H3,(H,23,25). The fourth-order valence-electron chi connectivity index (χ4n) is 3.29. The molecule has 1 aliphatic rings. The fourth-order valence-corrected chi connectivity index (χ4v) is 4.71. The molecule has 1 aromatic heterocycles. The number of carbonyl (C=O) groups excluding carboxylic acids is 1. The van der Waals surface area contributed by atoms with E-state index in [1.807, 2.05) is 0 Å². The van der Waals surface area contributed by atoms with Crippen LogP contribution in [0.3, 0.4) is 0 Å². The molecule has 0 aliphatic carbocycles. The lowest BCUT2D eigenvalue weighted by Gasteiger charge is -2.24. The number of hydrogen-bond acceptors (Lipinski definition) is 6. The summed E-state index contributed by atoms with van der Waals surface area (Å²) in [5.74, 6) is -0.615. The maximum Gasteiger partial charge on any atom is 0.387 e. The summed E-state index contributed by atoms with van der Waals surface area (Å²) in [5.41, 5.74) is 0.643. The van der Waals surface area contributed by atoms with Crippen LogP contribution in [0.1, 0.15) is 35.4 Å². The molecule has 0 spiro atoms. The van der Waals surface area contributed by atoms with Crippen LogP contribution in [0.2, 0.25) is 0 Å². The number of halogens is 2. The lowest BCUT2D eigenvalue weighted by molar-refractivity contribution is -0.0512. The SMILES string of the molecule is COc1ccc(CCNC(=O)c2ccc(S(=O)(=O)N3CCCCC3)o2)cc1OC(F)F. The van der Waals surface area contributed by atoms with Crippen molar-refractivity contribution in [3.63, 3.8) is 0 Å². The van der Waals surface area contributed by atoms with Gasteiger partial charge in [0.2, 0.25) is 5.09 Å². The highest BCUT2D eigenvalue weighted by Crippen LogP contribution is 2.29. The van der Waals surface area contributed by atoms with Crippen molar-refractivity contribution >= 4 is 15.9 Å². The van der Waals surface area contributed by atoms with Crippen molar-refractivity contribution in [2.24, 2.45) is 0 Å². The molecule has 8 nitrogen and oxygen atoms in total. The molecule has 1 aliphatic heterocycles. The van der Waals surface area contributed by atoms with Crippen molar-refractivity contribution in [1.29, 1.82) is 0 Å². The summed E-state index contributed by atoms with van der Waals surface area (Å²) in [7, 11) is -2.42. The molecule has 2 aromatic rings. The minimum absolute atomic E-state index is 0.0973. The molecule has 2 heterocycles. The summed E-state index contributed by atoms with van der Waals surface area (Å²) < 4.78 is 66.3. The first kappa shape index (κ1) is 23.0. The van der Waals surface area contributed by atoms with Gasteiger partial charge in [0, 0.05) is 19.6 Å². The van der Waals surface area contributed by atoms with Gasteiger partial charge in [0.25, 0.3) is 15.9 Å². The molecule has 1 N–H and O–H groups in total. The molecule has 170 valence electrons. The van der Waals surface area contributed by atoms with E-state index in [9.17, 15) is 22.0 Å². The fraction of sp³-hybridized carbons (Fsp3) is 0.450. The molecule has 11 heteroatoms. The van der Waals surface area contributed by atoms with E-state index in [1.165, 1.54) is 35.7 Å². The summed E-state index contributed by atoms with van der Waals surface area (Å²) >= 11 is 0. The molecular formula is C20H24F2N2O6S. The van der Waals surface area contributed by atoms with Gasteiger partial charge in [-0.1, -0.05) is 12.5 Å². The summed E-state index contributed by atoms with van der Waals surface area (Å²) in [4.78, 5) is 12.3. The number of amides is 1. The summed E-state index contributed by atoms with van der Waals surface area (Å²) in [6.45, 7) is -1.94. The highest BCUT2D eigenvalue weighted by Gasteiger charge is 2.29. The Kier molecular flexibility index (Phi) is 7.50. The minimum Gasteiger partial charge on any atom is -0.493 e. The maximum absolute atomic E-state index is 12.6. The van der Waals surface area contributed by atoms with Crippen LogP contribution in [0.4, 0.5) is 8.78 Å². The molecule has 1 fully saturated rings. The Morgan fingerprint density at radius 3 is 2.58 bits per heavy atom. The predicted octanol–water partition coefficient (Wildman–Crippen LogP) is 3.04.